The van der Waals surface area contributed by atoms with Gasteiger partial charge in [-0.3, -0.25) is 4.98 Å². The predicted octanol–water partition coefficient (Wildman–Crippen LogP) is 2.02. The number of hydrogen-bond acceptors (Lipinski definition) is 3. The van der Waals surface area contributed by atoms with Crippen LogP contribution in [0.2, 0.25) is 0 Å². The van der Waals surface area contributed by atoms with Crippen LogP contribution in [0.3, 0.4) is 0 Å². The van der Waals surface area contributed by atoms with Gasteiger partial charge in [0.2, 0.25) is 0 Å². The molecule has 0 bridgehead atoms. The number of rotatable bonds is 6. The Morgan fingerprint density at radius 1 is 1.35 bits per heavy atom. The van der Waals surface area contributed by atoms with E-state index in [1.165, 1.54) is 0 Å². The van der Waals surface area contributed by atoms with E-state index >= 15 is 0 Å². The number of hydrogen-bond donors (Lipinski definition) is 1. The van der Waals surface area contributed by atoms with Crippen molar-refractivity contribution in [1.82, 2.24) is 19.9 Å². The van der Waals surface area contributed by atoms with E-state index in [0.717, 1.165) is 25.2 Å². The van der Waals surface area contributed by atoms with Gasteiger partial charge in [0.05, 0.1) is 12.0 Å². The lowest BCUT2D eigenvalue weighted by molar-refractivity contribution is 0.519. The zero-order valence-electron chi connectivity index (χ0n) is 10.1. The van der Waals surface area contributed by atoms with Crippen LogP contribution in [0.4, 0.5) is 0 Å². The highest BCUT2D eigenvalue weighted by atomic mass is 15.0. The summed E-state index contributed by atoms with van der Waals surface area (Å²) >= 11 is 0. The lowest BCUT2D eigenvalue weighted by atomic mass is 10.2. The van der Waals surface area contributed by atoms with E-state index in [-0.39, 0.29) is 0 Å². The number of nitrogens with zero attached hydrogens (tertiary/aromatic N) is 3. The van der Waals surface area contributed by atoms with Gasteiger partial charge in [0.25, 0.3) is 0 Å². The van der Waals surface area contributed by atoms with Crippen molar-refractivity contribution in [3.8, 4) is 0 Å². The largest absolute Gasteiger partial charge is 0.337 e. The summed E-state index contributed by atoms with van der Waals surface area (Å²) in [7, 11) is 0. The second-order valence-electron chi connectivity index (χ2n) is 4.08. The molecule has 4 heteroatoms. The summed E-state index contributed by atoms with van der Waals surface area (Å²) in [5.74, 6) is 0. The van der Waals surface area contributed by atoms with E-state index in [0.29, 0.717) is 6.04 Å². The van der Waals surface area contributed by atoms with Crippen LogP contribution in [0, 0.1) is 0 Å². The van der Waals surface area contributed by atoms with Crippen molar-refractivity contribution in [3.63, 3.8) is 0 Å². The van der Waals surface area contributed by atoms with Crippen LogP contribution < -0.4 is 5.32 Å². The summed E-state index contributed by atoms with van der Waals surface area (Å²) < 4.78 is 2.09. The highest BCUT2D eigenvalue weighted by Gasteiger charge is 2.03. The molecule has 0 saturated carbocycles. The first kappa shape index (κ1) is 11.8. The number of aryl methyl sites for hydroxylation is 1. The molecule has 17 heavy (non-hydrogen) atoms. The Hall–Kier alpha value is -1.68. The van der Waals surface area contributed by atoms with E-state index in [4.69, 9.17) is 0 Å². The van der Waals surface area contributed by atoms with Gasteiger partial charge in [0, 0.05) is 31.2 Å². The third-order valence-corrected chi connectivity index (χ3v) is 2.73. The van der Waals surface area contributed by atoms with E-state index in [1.54, 1.807) is 0 Å². The summed E-state index contributed by atoms with van der Waals surface area (Å²) in [5, 5.41) is 3.47. The average molecular weight is 230 g/mol. The van der Waals surface area contributed by atoms with Gasteiger partial charge in [0.15, 0.2) is 0 Å². The zero-order chi connectivity index (χ0) is 11.9. The topological polar surface area (TPSA) is 42.7 Å². The Morgan fingerprint density at radius 2 is 2.29 bits per heavy atom. The minimum atomic E-state index is 0.305. The van der Waals surface area contributed by atoms with Crippen molar-refractivity contribution in [2.45, 2.75) is 25.9 Å². The van der Waals surface area contributed by atoms with Crippen molar-refractivity contribution in [1.29, 1.82) is 0 Å². The van der Waals surface area contributed by atoms with Gasteiger partial charge in [-0.2, -0.15) is 0 Å². The highest BCUT2D eigenvalue weighted by Crippen LogP contribution is 2.07. The van der Waals surface area contributed by atoms with Gasteiger partial charge >= 0.3 is 0 Å². The minimum absolute atomic E-state index is 0.305. The minimum Gasteiger partial charge on any atom is -0.337 e. The zero-order valence-corrected chi connectivity index (χ0v) is 10.1. The first-order valence-corrected chi connectivity index (χ1v) is 5.96. The first-order chi connectivity index (χ1) is 8.36. The molecule has 0 aromatic carbocycles. The molecule has 0 saturated heterocycles. The standard InChI is InChI=1S/C13H18N4/c1-12(13-5-2-3-6-16-13)15-7-4-9-17-10-8-14-11-17/h2-3,5-6,8,10-12,15H,4,7,9H2,1H3/t12-/m0/s1. The number of pyridine rings is 1. The Labute approximate surface area is 102 Å². The van der Waals surface area contributed by atoms with Crippen LogP contribution in [0.1, 0.15) is 25.1 Å². The van der Waals surface area contributed by atoms with Crippen LogP contribution >= 0.6 is 0 Å². The first-order valence-electron chi connectivity index (χ1n) is 5.96. The summed E-state index contributed by atoms with van der Waals surface area (Å²) in [6, 6.07) is 6.31. The van der Waals surface area contributed by atoms with Gasteiger partial charge in [-0.25, -0.2) is 4.98 Å². The molecule has 2 rings (SSSR count). The molecule has 1 N–H and O–H groups in total. The summed E-state index contributed by atoms with van der Waals surface area (Å²) in [4.78, 5) is 8.35. The Balaban J connectivity index is 1.68. The van der Waals surface area contributed by atoms with Crippen LogP contribution in [-0.2, 0) is 6.54 Å². The second kappa shape index (κ2) is 6.15. The van der Waals surface area contributed by atoms with Gasteiger partial charge in [-0.1, -0.05) is 6.07 Å². The predicted molar refractivity (Wildman–Crippen MR) is 67.5 cm³/mol. The molecule has 0 unspecified atom stereocenters. The fourth-order valence-electron chi connectivity index (χ4n) is 1.74. The third-order valence-electron chi connectivity index (χ3n) is 2.73. The lowest BCUT2D eigenvalue weighted by Gasteiger charge is -2.13. The number of nitrogens with one attached hydrogen (secondary N) is 1. The van der Waals surface area contributed by atoms with Gasteiger partial charge < -0.3 is 9.88 Å². The van der Waals surface area contributed by atoms with Crippen LogP contribution in [0.25, 0.3) is 0 Å². The number of aromatic nitrogens is 3. The molecule has 1 atom stereocenters. The van der Waals surface area contributed by atoms with Crippen LogP contribution in [-0.4, -0.2) is 21.1 Å². The average Bonchev–Trinajstić information content (AvgIpc) is 2.88. The number of imidazole rings is 1. The van der Waals surface area contributed by atoms with E-state index in [1.807, 2.05) is 43.1 Å². The van der Waals surface area contributed by atoms with E-state index < -0.39 is 0 Å². The molecule has 0 amide bonds. The molecule has 0 radical (unpaired) electrons. The molecular weight excluding hydrogens is 212 g/mol. The third kappa shape index (κ3) is 3.67. The van der Waals surface area contributed by atoms with Crippen LogP contribution in [0.5, 0.6) is 0 Å². The Morgan fingerprint density at radius 3 is 3.00 bits per heavy atom. The molecular formula is C13H18N4. The van der Waals surface area contributed by atoms with Crippen molar-refractivity contribution in [2.24, 2.45) is 0 Å². The second-order valence-corrected chi connectivity index (χ2v) is 4.08. The summed E-state index contributed by atoms with van der Waals surface area (Å²) in [6.45, 7) is 4.12. The maximum absolute atomic E-state index is 4.33. The maximum atomic E-state index is 4.33. The SMILES string of the molecule is C[C@H](NCCCn1ccnc1)c1ccccn1. The van der Waals surface area contributed by atoms with Crippen molar-refractivity contribution < 1.29 is 0 Å². The molecule has 0 fully saturated rings. The quantitative estimate of drug-likeness (QED) is 0.772. The molecule has 0 aliphatic carbocycles. The maximum Gasteiger partial charge on any atom is 0.0945 e. The van der Waals surface area contributed by atoms with Crippen molar-refractivity contribution in [3.05, 3.63) is 48.8 Å². The van der Waals surface area contributed by atoms with E-state index in [9.17, 15) is 0 Å². The lowest BCUT2D eigenvalue weighted by Crippen LogP contribution is -2.21. The summed E-state index contributed by atoms with van der Waals surface area (Å²) in [6.07, 6.45) is 8.57. The van der Waals surface area contributed by atoms with Gasteiger partial charge in [-0.15, -0.1) is 0 Å². The molecule has 2 aromatic heterocycles. The molecule has 2 heterocycles. The molecule has 90 valence electrons. The highest BCUT2D eigenvalue weighted by molar-refractivity contribution is 5.07. The monoisotopic (exact) mass is 230 g/mol. The van der Waals surface area contributed by atoms with E-state index in [2.05, 4.69) is 26.8 Å². The normalized spacial score (nSPS) is 12.5. The summed E-state index contributed by atoms with van der Waals surface area (Å²) in [5.41, 5.74) is 1.09. The van der Waals surface area contributed by atoms with Crippen LogP contribution in [0.15, 0.2) is 43.1 Å². The molecule has 0 aliphatic heterocycles. The fraction of sp³-hybridized carbons (Fsp3) is 0.385. The molecule has 0 aliphatic rings. The Kier molecular flexibility index (Phi) is 4.27. The molecule has 0 spiro atoms. The fourth-order valence-corrected chi connectivity index (χ4v) is 1.74. The van der Waals surface area contributed by atoms with Gasteiger partial charge in [-0.05, 0) is 32.0 Å². The van der Waals surface area contributed by atoms with Gasteiger partial charge in [0.1, 0.15) is 0 Å². The van der Waals surface area contributed by atoms with Crippen molar-refractivity contribution in [2.75, 3.05) is 6.54 Å². The molecule has 2 aromatic rings. The smallest absolute Gasteiger partial charge is 0.0945 e. The van der Waals surface area contributed by atoms with Crippen molar-refractivity contribution >= 4 is 0 Å². The Bertz CT molecular complexity index is 410. The molecule has 4 nitrogen and oxygen atoms in total.